The first kappa shape index (κ1) is 32.9. The van der Waals surface area contributed by atoms with Crippen molar-refractivity contribution in [2.75, 3.05) is 36.9 Å². The molecule has 5 aliphatic heterocycles. The molecule has 0 aliphatic carbocycles. The molecule has 2 N–H and O–H groups in total. The molecule has 0 spiro atoms. The Bertz CT molecular complexity index is 1930. The van der Waals surface area contributed by atoms with Crippen molar-refractivity contribution in [2.24, 2.45) is 0 Å². The Labute approximate surface area is 286 Å². The minimum absolute atomic E-state index is 0.293. The van der Waals surface area contributed by atoms with Gasteiger partial charge in [-0.05, 0) is 37.3 Å². The summed E-state index contributed by atoms with van der Waals surface area (Å²) in [6.45, 7) is 0.118. The van der Waals surface area contributed by atoms with Gasteiger partial charge in [-0.25, -0.2) is 28.4 Å². The number of hydrogen-bond donors (Lipinski definition) is 2. The van der Waals surface area contributed by atoms with E-state index in [0.29, 0.717) is 41.2 Å². The molecule has 4 unspecified atom stereocenters. The van der Waals surface area contributed by atoms with Crippen molar-refractivity contribution in [3.63, 3.8) is 0 Å². The van der Waals surface area contributed by atoms with Crippen LogP contribution < -0.4 is 10.6 Å². The summed E-state index contributed by atoms with van der Waals surface area (Å²) in [5.41, 5.74) is 3.18. The lowest BCUT2D eigenvalue weighted by Crippen LogP contribution is -2.37. The van der Waals surface area contributed by atoms with Crippen LogP contribution in [-0.2, 0) is 49.5 Å². The maximum Gasteiger partial charge on any atom is 0.264 e. The first-order valence-electron chi connectivity index (χ1n) is 16.3. The van der Waals surface area contributed by atoms with Gasteiger partial charge in [0.25, 0.3) is 14.9 Å². The van der Waals surface area contributed by atoms with Crippen molar-refractivity contribution in [1.29, 1.82) is 0 Å². The molecule has 9 heterocycles. The summed E-state index contributed by atoms with van der Waals surface area (Å²) in [6.07, 6.45) is -5.26. The zero-order valence-electron chi connectivity index (χ0n) is 26.3. The molecule has 4 aromatic heterocycles. The van der Waals surface area contributed by atoms with Crippen LogP contribution in [0.3, 0.4) is 0 Å². The molecule has 260 valence electrons. The van der Waals surface area contributed by atoms with E-state index in [1.165, 1.54) is 15.6 Å². The largest absolute Gasteiger partial charge is 0.384 e. The van der Waals surface area contributed by atoms with Gasteiger partial charge in [-0.2, -0.15) is 5.10 Å². The minimum atomic E-state index is -4.58. The topological polar surface area (TPSA) is 175 Å². The fourth-order valence-corrected chi connectivity index (χ4v) is 9.38. The lowest BCUT2D eigenvalue weighted by Gasteiger charge is -2.29. The van der Waals surface area contributed by atoms with Gasteiger partial charge in [0.2, 0.25) is 15.1 Å². The maximum absolute atomic E-state index is 16.4. The molecular formula is C28H30B2F2N8O8P2. The summed E-state index contributed by atoms with van der Waals surface area (Å²) in [6, 6.07) is 1.84. The molecule has 10 atom stereocenters. The van der Waals surface area contributed by atoms with E-state index >= 15 is 8.78 Å². The van der Waals surface area contributed by atoms with E-state index in [1.54, 1.807) is 12.4 Å². The average molecular weight is 728 g/mol. The van der Waals surface area contributed by atoms with Crippen molar-refractivity contribution in [1.82, 2.24) is 29.3 Å². The van der Waals surface area contributed by atoms with Gasteiger partial charge in [0.15, 0.2) is 30.4 Å². The van der Waals surface area contributed by atoms with Crippen molar-refractivity contribution < 1.29 is 45.5 Å². The molecule has 0 aromatic carbocycles. The van der Waals surface area contributed by atoms with Crippen molar-refractivity contribution >= 4 is 63.7 Å². The second-order valence-electron chi connectivity index (χ2n) is 12.8. The van der Waals surface area contributed by atoms with Crippen LogP contribution in [-0.4, -0.2) is 107 Å². The van der Waals surface area contributed by atoms with E-state index in [4.69, 9.17) is 42.7 Å². The quantitative estimate of drug-likeness (QED) is 0.227. The number of fused-ring (bicyclic) bond motifs is 2. The Morgan fingerprint density at radius 3 is 2.28 bits per heavy atom. The van der Waals surface area contributed by atoms with Gasteiger partial charge in [0.1, 0.15) is 42.2 Å². The van der Waals surface area contributed by atoms with E-state index in [-0.39, 0.29) is 0 Å². The smallest absolute Gasteiger partial charge is 0.264 e. The number of nitrogens with zero attached hydrogens (tertiary/aromatic N) is 6. The Morgan fingerprint density at radius 2 is 1.52 bits per heavy atom. The standard InChI is InChI=1S/C28H30B2F2N8O8P2/c29-49(41)44-11-17-23(21(32)28(46-17)40-26-19-15(38-40)4-2-7-34-24(19)36-12-37-26)48-50(30,42)43-10-16-22(47-49)20(31)27(45-16)39-9-13-3-1-6-33-14-5-8-35-25(39)18(13)14/h5,8-9,12,16-17,20-23,27-28,33H,1-4,6-7,10-11H2,(H,34,36,37)/t16-,17-,20+,21?,22?,23+,27-,28-,49?,50?/m1/s1. The molecule has 16 nitrogen and oxygen atoms in total. The molecule has 4 aromatic rings. The molecule has 3 fully saturated rings. The van der Waals surface area contributed by atoms with E-state index in [9.17, 15) is 9.13 Å². The summed E-state index contributed by atoms with van der Waals surface area (Å²) in [7, 11) is 2.81. The second-order valence-corrected chi connectivity index (χ2v) is 15.9. The maximum atomic E-state index is 16.4. The third-order valence-corrected chi connectivity index (χ3v) is 11.7. The molecule has 0 bridgehead atoms. The number of pyridine rings is 1. The summed E-state index contributed by atoms with van der Waals surface area (Å²) in [4.78, 5) is 13.1. The highest BCUT2D eigenvalue weighted by molar-refractivity contribution is 7.79. The average Bonchev–Trinajstić information content (AvgIpc) is 3.71. The van der Waals surface area contributed by atoms with Crippen LogP contribution in [0.25, 0.3) is 22.1 Å². The molecule has 50 heavy (non-hydrogen) atoms. The molecule has 3 saturated heterocycles. The van der Waals surface area contributed by atoms with Crippen LogP contribution in [0.5, 0.6) is 0 Å². The Morgan fingerprint density at radius 1 is 0.840 bits per heavy atom. The monoisotopic (exact) mass is 728 g/mol. The second kappa shape index (κ2) is 12.3. The Balaban J connectivity index is 1.00. The van der Waals surface area contributed by atoms with Gasteiger partial charge in [-0.15, -0.1) is 0 Å². The number of nitrogens with one attached hydrogen (secondary N) is 2. The Hall–Kier alpha value is -2.95. The van der Waals surface area contributed by atoms with E-state index in [0.717, 1.165) is 42.4 Å². The first-order valence-corrected chi connectivity index (χ1v) is 19.5. The number of anilines is 2. The summed E-state index contributed by atoms with van der Waals surface area (Å²) in [5.74, 6) is 0.549. The van der Waals surface area contributed by atoms with E-state index < -0.39 is 77.4 Å². The number of rotatable bonds is 2. The first-order chi connectivity index (χ1) is 24.1. The summed E-state index contributed by atoms with van der Waals surface area (Å²) >= 11 is 0. The van der Waals surface area contributed by atoms with Crippen LogP contribution in [0.15, 0.2) is 24.8 Å². The van der Waals surface area contributed by atoms with Gasteiger partial charge in [0.05, 0.1) is 24.3 Å². The molecule has 22 heteroatoms. The highest BCUT2D eigenvalue weighted by atomic mass is 31.2. The summed E-state index contributed by atoms with van der Waals surface area (Å²) in [5, 5.41) is 12.6. The Kier molecular flexibility index (Phi) is 8.12. The molecule has 0 saturated carbocycles. The lowest BCUT2D eigenvalue weighted by molar-refractivity contribution is -0.0568. The van der Waals surface area contributed by atoms with Gasteiger partial charge < -0.3 is 42.8 Å². The minimum Gasteiger partial charge on any atom is -0.384 e. The van der Waals surface area contributed by atoms with Crippen LogP contribution in [0.1, 0.15) is 36.6 Å². The zero-order chi connectivity index (χ0) is 34.4. The fraction of sp³-hybridized carbons (Fsp3) is 0.571. The van der Waals surface area contributed by atoms with Gasteiger partial charge in [-0.1, -0.05) is 0 Å². The number of alkyl halides is 2. The molecular weight excluding hydrogens is 698 g/mol. The predicted octanol–water partition coefficient (Wildman–Crippen LogP) is 3.43. The molecule has 9 rings (SSSR count). The molecule has 0 amide bonds. The zero-order valence-corrected chi connectivity index (χ0v) is 28.1. The number of hydrogen-bond acceptors (Lipinski definition) is 14. The van der Waals surface area contributed by atoms with Crippen molar-refractivity contribution in [3.8, 4) is 0 Å². The number of ether oxygens (including phenoxy) is 2. The number of aromatic nitrogens is 6. The van der Waals surface area contributed by atoms with E-state index in [1.807, 2.05) is 6.07 Å². The molecule has 5 aliphatic rings. The SMILES string of the molecule is [B]P1(=O)OC[C@H]2O[C@@H](n3nc4c5c(ncnc53)NCCC4)C(F)[C@H]2OP([B])(=O)OC[C@H]2O[C@@H](n3cc4c5c(ccnc53)NCCC4)[C@@H](F)C2O1. The highest BCUT2D eigenvalue weighted by Gasteiger charge is 2.54. The van der Waals surface area contributed by atoms with Crippen LogP contribution in [0.2, 0.25) is 0 Å². The van der Waals surface area contributed by atoms with Crippen LogP contribution in [0, 0.1) is 0 Å². The normalized spacial score (nSPS) is 37.5. The third kappa shape index (κ3) is 5.59. The number of aryl methyl sites for hydroxylation is 2. The lowest BCUT2D eigenvalue weighted by atomic mass is 10.1. The van der Waals surface area contributed by atoms with E-state index in [2.05, 4.69) is 30.7 Å². The van der Waals surface area contributed by atoms with Gasteiger partial charge in [-0.3, -0.25) is 9.13 Å². The van der Waals surface area contributed by atoms with Crippen molar-refractivity contribution in [2.45, 2.75) is 74.9 Å². The van der Waals surface area contributed by atoms with Crippen molar-refractivity contribution in [3.05, 3.63) is 36.0 Å². The van der Waals surface area contributed by atoms with Crippen LogP contribution in [0.4, 0.5) is 20.3 Å². The van der Waals surface area contributed by atoms with Gasteiger partial charge >= 0.3 is 0 Å². The van der Waals surface area contributed by atoms with Gasteiger partial charge in [0, 0.05) is 36.6 Å². The highest BCUT2D eigenvalue weighted by Crippen LogP contribution is 2.54. The predicted molar refractivity (Wildman–Crippen MR) is 175 cm³/mol. The fourth-order valence-electron chi connectivity index (χ4n) is 7.37. The van der Waals surface area contributed by atoms with Crippen LogP contribution >= 0.6 is 14.9 Å². The summed E-state index contributed by atoms with van der Waals surface area (Å²) < 4.78 is 96.7. The number of halogens is 2. The third-order valence-electron chi connectivity index (χ3n) is 9.60. The molecule has 4 radical (unpaired) electrons.